The number of para-hydroxylation sites is 1. The summed E-state index contributed by atoms with van der Waals surface area (Å²) in [6.07, 6.45) is 0.367. The van der Waals surface area contributed by atoms with Crippen molar-refractivity contribution in [2.24, 2.45) is 0 Å². The molecule has 1 heterocycles. The van der Waals surface area contributed by atoms with Crippen molar-refractivity contribution >= 4 is 11.7 Å². The Labute approximate surface area is 184 Å². The molecule has 0 aliphatic rings. The molecule has 0 saturated heterocycles. The number of carbonyl (C=O) groups excluding carboxylic acids is 2. The molecule has 0 atom stereocenters. The van der Waals surface area contributed by atoms with E-state index in [4.69, 9.17) is 4.74 Å². The van der Waals surface area contributed by atoms with Crippen LogP contribution in [0.2, 0.25) is 0 Å². The predicted molar refractivity (Wildman–Crippen MR) is 114 cm³/mol. The number of benzene rings is 2. The van der Waals surface area contributed by atoms with Gasteiger partial charge in [-0.25, -0.2) is 4.68 Å². The molecule has 0 spiro atoms. The minimum Gasteiger partial charge on any atom is -0.493 e. The Morgan fingerprint density at radius 2 is 1.81 bits per heavy atom. The molecule has 0 saturated carbocycles. The number of rotatable bonds is 9. The third-order valence-electron chi connectivity index (χ3n) is 4.87. The highest BCUT2D eigenvalue weighted by molar-refractivity contribution is 6.43. The van der Waals surface area contributed by atoms with Gasteiger partial charge in [0, 0.05) is 6.54 Å². The van der Waals surface area contributed by atoms with Crippen LogP contribution in [0.15, 0.2) is 48.5 Å². The number of ketones is 1. The van der Waals surface area contributed by atoms with Gasteiger partial charge in [0.15, 0.2) is 11.5 Å². The molecule has 3 aromatic rings. The van der Waals surface area contributed by atoms with Crippen LogP contribution in [0.1, 0.15) is 27.3 Å². The average Bonchev–Trinajstić information content (AvgIpc) is 3.08. The van der Waals surface area contributed by atoms with E-state index in [1.165, 1.54) is 13.2 Å². The van der Waals surface area contributed by atoms with Gasteiger partial charge >= 0.3 is 6.61 Å². The van der Waals surface area contributed by atoms with E-state index in [0.29, 0.717) is 17.8 Å². The molecule has 1 amide bonds. The Balaban J connectivity index is 1.65. The van der Waals surface area contributed by atoms with Crippen molar-refractivity contribution in [3.8, 4) is 17.2 Å². The Hall–Kier alpha value is -3.75. The standard InChI is InChI=1S/C23H23F2N3O4/c1-14-20(15(2)28(27-14)17-7-5-4-6-8-17)21(29)22(30)26-12-11-16-9-10-18(32-23(24)25)19(13-16)31-3/h4-10,13,23H,11-12H2,1-3H3,(H,26,30). The number of nitrogens with one attached hydrogen (secondary N) is 1. The highest BCUT2D eigenvalue weighted by Crippen LogP contribution is 2.29. The van der Waals surface area contributed by atoms with Crippen LogP contribution in [0, 0.1) is 13.8 Å². The minimum absolute atomic E-state index is 0.0770. The number of nitrogens with zero attached hydrogens (tertiary/aromatic N) is 2. The molecule has 168 valence electrons. The zero-order chi connectivity index (χ0) is 23.3. The smallest absolute Gasteiger partial charge is 0.387 e. The van der Waals surface area contributed by atoms with Gasteiger partial charge in [-0.3, -0.25) is 9.59 Å². The van der Waals surface area contributed by atoms with E-state index in [2.05, 4.69) is 15.2 Å². The highest BCUT2D eigenvalue weighted by atomic mass is 19.3. The first-order chi connectivity index (χ1) is 15.3. The molecule has 7 nitrogen and oxygen atoms in total. The van der Waals surface area contributed by atoms with Crippen molar-refractivity contribution in [1.29, 1.82) is 0 Å². The summed E-state index contributed by atoms with van der Waals surface area (Å²) in [6.45, 7) is 0.636. The summed E-state index contributed by atoms with van der Waals surface area (Å²) in [5.74, 6) is -1.33. The maximum Gasteiger partial charge on any atom is 0.387 e. The lowest BCUT2D eigenvalue weighted by atomic mass is 10.1. The van der Waals surface area contributed by atoms with E-state index >= 15 is 0 Å². The molecule has 3 rings (SSSR count). The quantitative estimate of drug-likeness (QED) is 0.403. The van der Waals surface area contributed by atoms with Crippen molar-refractivity contribution in [2.75, 3.05) is 13.7 Å². The fraction of sp³-hybridized carbons (Fsp3) is 0.261. The summed E-state index contributed by atoms with van der Waals surface area (Å²) >= 11 is 0. The number of aryl methyl sites for hydroxylation is 1. The summed E-state index contributed by atoms with van der Waals surface area (Å²) in [7, 11) is 1.35. The van der Waals surface area contributed by atoms with Crippen molar-refractivity contribution in [3.63, 3.8) is 0 Å². The number of aromatic nitrogens is 2. The van der Waals surface area contributed by atoms with Crippen LogP contribution in [0.25, 0.3) is 5.69 Å². The highest BCUT2D eigenvalue weighted by Gasteiger charge is 2.24. The third-order valence-corrected chi connectivity index (χ3v) is 4.87. The summed E-state index contributed by atoms with van der Waals surface area (Å²) in [6, 6.07) is 13.8. The maximum atomic E-state index is 12.7. The zero-order valence-electron chi connectivity index (χ0n) is 17.9. The summed E-state index contributed by atoms with van der Waals surface area (Å²) in [5.41, 5.74) is 2.82. The van der Waals surface area contributed by atoms with E-state index in [-0.39, 0.29) is 23.6 Å². The van der Waals surface area contributed by atoms with Crippen LogP contribution in [0.3, 0.4) is 0 Å². The lowest BCUT2D eigenvalue weighted by molar-refractivity contribution is -0.117. The van der Waals surface area contributed by atoms with Gasteiger partial charge in [0.1, 0.15) is 0 Å². The number of methoxy groups -OCH3 is 1. The molecular formula is C23H23F2N3O4. The molecule has 0 radical (unpaired) electrons. The Kier molecular flexibility index (Phi) is 7.19. The van der Waals surface area contributed by atoms with E-state index in [0.717, 1.165) is 11.3 Å². The number of carbonyl (C=O) groups is 2. The van der Waals surface area contributed by atoms with Gasteiger partial charge in [-0.1, -0.05) is 24.3 Å². The summed E-state index contributed by atoms with van der Waals surface area (Å²) < 4.78 is 36.0. The van der Waals surface area contributed by atoms with E-state index in [9.17, 15) is 18.4 Å². The van der Waals surface area contributed by atoms with Gasteiger partial charge in [0.25, 0.3) is 11.7 Å². The second-order valence-corrected chi connectivity index (χ2v) is 6.99. The first-order valence-corrected chi connectivity index (χ1v) is 9.87. The molecule has 0 fully saturated rings. The van der Waals surface area contributed by atoms with Gasteiger partial charge in [-0.2, -0.15) is 13.9 Å². The number of ether oxygens (including phenoxy) is 2. The number of amides is 1. The number of hydrogen-bond acceptors (Lipinski definition) is 5. The van der Waals surface area contributed by atoms with E-state index < -0.39 is 18.3 Å². The number of Topliss-reactive ketones (excluding diaryl/α,β-unsaturated/α-hetero) is 1. The lowest BCUT2D eigenvalue weighted by Crippen LogP contribution is -2.33. The van der Waals surface area contributed by atoms with Crippen LogP contribution in [0.5, 0.6) is 11.5 Å². The Morgan fingerprint density at radius 3 is 2.47 bits per heavy atom. The molecule has 1 N–H and O–H groups in total. The maximum absolute atomic E-state index is 12.7. The van der Waals surface area contributed by atoms with Crippen molar-refractivity contribution in [3.05, 3.63) is 71.0 Å². The third kappa shape index (κ3) is 5.11. The number of alkyl halides is 2. The topological polar surface area (TPSA) is 82.5 Å². The first kappa shape index (κ1) is 22.9. The van der Waals surface area contributed by atoms with Crippen LogP contribution in [-0.2, 0) is 11.2 Å². The SMILES string of the molecule is COc1cc(CCNC(=O)C(=O)c2c(C)nn(-c3ccccc3)c2C)ccc1OC(F)F. The second-order valence-electron chi connectivity index (χ2n) is 6.99. The van der Waals surface area contributed by atoms with Crippen molar-refractivity contribution in [1.82, 2.24) is 15.1 Å². The van der Waals surface area contributed by atoms with E-state index in [1.54, 1.807) is 30.7 Å². The van der Waals surface area contributed by atoms with Crippen LogP contribution in [-0.4, -0.2) is 41.7 Å². The van der Waals surface area contributed by atoms with Gasteiger partial charge < -0.3 is 14.8 Å². The number of hydrogen-bond donors (Lipinski definition) is 1. The minimum atomic E-state index is -2.96. The zero-order valence-corrected chi connectivity index (χ0v) is 17.9. The van der Waals surface area contributed by atoms with Gasteiger partial charge in [0.2, 0.25) is 0 Å². The Bertz CT molecular complexity index is 1110. The lowest BCUT2D eigenvalue weighted by Gasteiger charge is -2.11. The summed E-state index contributed by atoms with van der Waals surface area (Å²) in [4.78, 5) is 25.2. The average molecular weight is 443 g/mol. The van der Waals surface area contributed by atoms with Crippen LogP contribution >= 0.6 is 0 Å². The fourth-order valence-corrected chi connectivity index (χ4v) is 3.37. The summed E-state index contributed by atoms with van der Waals surface area (Å²) in [5, 5.41) is 7.00. The predicted octanol–water partition coefficient (Wildman–Crippen LogP) is 3.64. The molecule has 1 aromatic heterocycles. The molecule has 9 heteroatoms. The molecule has 2 aromatic carbocycles. The van der Waals surface area contributed by atoms with Gasteiger partial charge in [-0.15, -0.1) is 0 Å². The Morgan fingerprint density at radius 1 is 1.09 bits per heavy atom. The fourth-order valence-electron chi connectivity index (χ4n) is 3.37. The van der Waals surface area contributed by atoms with Crippen molar-refractivity contribution in [2.45, 2.75) is 26.9 Å². The van der Waals surface area contributed by atoms with Crippen molar-refractivity contribution < 1.29 is 27.8 Å². The largest absolute Gasteiger partial charge is 0.493 e. The molecular weight excluding hydrogens is 420 g/mol. The molecule has 32 heavy (non-hydrogen) atoms. The molecule has 0 aliphatic heterocycles. The van der Waals surface area contributed by atoms with Crippen LogP contribution in [0.4, 0.5) is 8.78 Å². The van der Waals surface area contributed by atoms with Gasteiger partial charge in [-0.05, 0) is 50.1 Å². The normalized spacial score (nSPS) is 10.8. The van der Waals surface area contributed by atoms with E-state index in [1.807, 2.05) is 30.3 Å². The molecule has 0 unspecified atom stereocenters. The molecule has 0 bridgehead atoms. The first-order valence-electron chi connectivity index (χ1n) is 9.87. The number of halogens is 2. The monoisotopic (exact) mass is 443 g/mol. The second kappa shape index (κ2) is 10.0. The van der Waals surface area contributed by atoms with Gasteiger partial charge in [0.05, 0.1) is 29.7 Å². The molecule has 0 aliphatic carbocycles. The van der Waals surface area contributed by atoms with Crippen LogP contribution < -0.4 is 14.8 Å².